The molecule has 0 amide bonds. The van der Waals surface area contributed by atoms with Gasteiger partial charge in [0.1, 0.15) is 0 Å². The summed E-state index contributed by atoms with van der Waals surface area (Å²) >= 11 is 0. The molecule has 0 unspecified atom stereocenters. The van der Waals surface area contributed by atoms with Gasteiger partial charge in [-0.2, -0.15) is 5.10 Å². The van der Waals surface area contributed by atoms with Crippen LogP contribution >= 0.6 is 0 Å². The van der Waals surface area contributed by atoms with Crippen LogP contribution in [0.5, 0.6) is 0 Å². The molecule has 3 heteroatoms. The number of hydrogen-bond acceptors (Lipinski definition) is 3. The van der Waals surface area contributed by atoms with Crippen LogP contribution in [0.15, 0.2) is 24.5 Å². The zero-order chi connectivity index (χ0) is 14.8. The number of hydrogen-bond donors (Lipinski definition) is 0. The van der Waals surface area contributed by atoms with Gasteiger partial charge in [0.2, 0.25) is 0 Å². The molecule has 0 spiro atoms. The van der Waals surface area contributed by atoms with E-state index < -0.39 is 0 Å². The van der Waals surface area contributed by atoms with Gasteiger partial charge in [0.15, 0.2) is 0 Å². The van der Waals surface area contributed by atoms with Crippen molar-refractivity contribution in [2.45, 2.75) is 48.5 Å². The first kappa shape index (κ1) is 17.2. The zero-order valence-corrected chi connectivity index (χ0v) is 13.2. The average Bonchev–Trinajstić information content (AvgIpc) is 2.50. The van der Waals surface area contributed by atoms with E-state index in [1.54, 1.807) is 6.20 Å². The molecule has 0 bridgehead atoms. The summed E-state index contributed by atoms with van der Waals surface area (Å²) < 4.78 is 0. The summed E-state index contributed by atoms with van der Waals surface area (Å²) in [4.78, 5) is 4.09. The van der Waals surface area contributed by atoms with Crippen molar-refractivity contribution in [3.8, 4) is 11.3 Å². The van der Waals surface area contributed by atoms with E-state index in [-0.39, 0.29) is 0 Å². The highest BCUT2D eigenvalue weighted by Crippen LogP contribution is 2.22. The molecule has 0 saturated heterocycles. The first-order valence-corrected chi connectivity index (χ1v) is 6.91. The summed E-state index contributed by atoms with van der Waals surface area (Å²) in [6, 6.07) is 3.91. The Balaban J connectivity index is 0.000000741. The van der Waals surface area contributed by atoms with Crippen LogP contribution in [-0.2, 0) is 0 Å². The SMILES string of the molecule is CC.CC.Cc1nnc(-c2cccnc2)c(C)c1C. The van der Waals surface area contributed by atoms with E-state index in [0.29, 0.717) is 0 Å². The summed E-state index contributed by atoms with van der Waals surface area (Å²) in [6.45, 7) is 14.1. The Labute approximate surface area is 117 Å². The maximum absolute atomic E-state index is 4.22. The zero-order valence-electron chi connectivity index (χ0n) is 13.2. The summed E-state index contributed by atoms with van der Waals surface area (Å²) in [6.07, 6.45) is 3.57. The van der Waals surface area contributed by atoms with Crippen molar-refractivity contribution in [1.29, 1.82) is 0 Å². The molecular weight excluding hydrogens is 234 g/mol. The second kappa shape index (κ2) is 9.20. The Morgan fingerprint density at radius 2 is 1.47 bits per heavy atom. The lowest BCUT2D eigenvalue weighted by Crippen LogP contribution is -1.99. The number of aryl methyl sites for hydroxylation is 1. The van der Waals surface area contributed by atoms with Crippen molar-refractivity contribution in [3.63, 3.8) is 0 Å². The number of nitrogens with zero attached hydrogens (tertiary/aromatic N) is 3. The van der Waals surface area contributed by atoms with Crippen LogP contribution in [0.3, 0.4) is 0 Å². The molecular formula is C16H25N3. The predicted molar refractivity (Wildman–Crippen MR) is 82.2 cm³/mol. The van der Waals surface area contributed by atoms with Crippen molar-refractivity contribution in [2.24, 2.45) is 0 Å². The molecule has 0 aromatic carbocycles. The number of pyridine rings is 1. The topological polar surface area (TPSA) is 38.7 Å². The molecule has 19 heavy (non-hydrogen) atoms. The van der Waals surface area contributed by atoms with Gasteiger partial charge in [-0.05, 0) is 44.0 Å². The van der Waals surface area contributed by atoms with Crippen LogP contribution < -0.4 is 0 Å². The fraction of sp³-hybridized carbons (Fsp3) is 0.438. The third kappa shape index (κ3) is 4.43. The third-order valence-corrected chi connectivity index (χ3v) is 2.70. The average molecular weight is 259 g/mol. The summed E-state index contributed by atoms with van der Waals surface area (Å²) in [5, 5.41) is 8.36. The fourth-order valence-corrected chi connectivity index (χ4v) is 1.50. The van der Waals surface area contributed by atoms with Gasteiger partial charge in [-0.15, -0.1) is 5.10 Å². The van der Waals surface area contributed by atoms with Crippen molar-refractivity contribution in [1.82, 2.24) is 15.2 Å². The molecule has 0 aliphatic heterocycles. The van der Waals surface area contributed by atoms with E-state index in [0.717, 1.165) is 17.0 Å². The van der Waals surface area contributed by atoms with Crippen LogP contribution in [0, 0.1) is 20.8 Å². The smallest absolute Gasteiger partial charge is 0.0977 e. The molecule has 3 nitrogen and oxygen atoms in total. The highest BCUT2D eigenvalue weighted by molar-refractivity contribution is 5.62. The first-order valence-electron chi connectivity index (χ1n) is 6.91. The van der Waals surface area contributed by atoms with Gasteiger partial charge in [-0.1, -0.05) is 27.7 Å². The van der Waals surface area contributed by atoms with Gasteiger partial charge < -0.3 is 0 Å². The van der Waals surface area contributed by atoms with Crippen molar-refractivity contribution in [3.05, 3.63) is 41.3 Å². The lowest BCUT2D eigenvalue weighted by Gasteiger charge is -2.08. The van der Waals surface area contributed by atoms with Gasteiger partial charge in [0.05, 0.1) is 11.4 Å². The molecule has 2 aromatic rings. The standard InChI is InChI=1S/C12H13N3.2C2H6/c1-8-9(2)12(15-14-10(8)3)11-5-4-6-13-7-11;2*1-2/h4-7H,1-3H3;2*1-2H3. The largest absolute Gasteiger partial charge is 0.264 e. The van der Waals surface area contributed by atoms with Crippen LogP contribution in [0.4, 0.5) is 0 Å². The molecule has 0 aliphatic carbocycles. The summed E-state index contributed by atoms with van der Waals surface area (Å²) in [5.74, 6) is 0. The van der Waals surface area contributed by atoms with Gasteiger partial charge in [-0.3, -0.25) is 4.98 Å². The predicted octanol–water partition coefficient (Wildman–Crippen LogP) is 4.52. The van der Waals surface area contributed by atoms with Gasteiger partial charge in [-0.25, -0.2) is 0 Å². The second-order valence-corrected chi connectivity index (χ2v) is 3.63. The van der Waals surface area contributed by atoms with Crippen LogP contribution in [0.2, 0.25) is 0 Å². The van der Waals surface area contributed by atoms with Crippen molar-refractivity contribution < 1.29 is 0 Å². The highest BCUT2D eigenvalue weighted by atomic mass is 15.1. The van der Waals surface area contributed by atoms with E-state index in [9.17, 15) is 0 Å². The number of rotatable bonds is 1. The van der Waals surface area contributed by atoms with E-state index in [2.05, 4.69) is 29.0 Å². The minimum absolute atomic E-state index is 0.922. The minimum Gasteiger partial charge on any atom is -0.264 e. The molecule has 0 N–H and O–H groups in total. The quantitative estimate of drug-likeness (QED) is 0.756. The summed E-state index contributed by atoms with van der Waals surface area (Å²) in [5.41, 5.74) is 5.30. The third-order valence-electron chi connectivity index (χ3n) is 2.70. The van der Waals surface area contributed by atoms with E-state index in [1.165, 1.54) is 11.1 Å². The maximum Gasteiger partial charge on any atom is 0.0977 e. The van der Waals surface area contributed by atoms with Gasteiger partial charge >= 0.3 is 0 Å². The molecule has 2 aromatic heterocycles. The molecule has 104 valence electrons. The summed E-state index contributed by atoms with van der Waals surface area (Å²) in [7, 11) is 0. The molecule has 0 fully saturated rings. The molecule has 2 heterocycles. The minimum atomic E-state index is 0.922. The Morgan fingerprint density at radius 3 is 2.00 bits per heavy atom. The fourth-order valence-electron chi connectivity index (χ4n) is 1.50. The second-order valence-electron chi connectivity index (χ2n) is 3.63. The Bertz CT molecular complexity index is 479. The van der Waals surface area contributed by atoms with Gasteiger partial charge in [0, 0.05) is 18.0 Å². The van der Waals surface area contributed by atoms with Crippen LogP contribution in [0.1, 0.15) is 44.5 Å². The normalized spacial score (nSPS) is 8.79. The lowest BCUT2D eigenvalue weighted by molar-refractivity contribution is 0.950. The maximum atomic E-state index is 4.22. The van der Waals surface area contributed by atoms with Crippen LogP contribution in [0.25, 0.3) is 11.3 Å². The van der Waals surface area contributed by atoms with E-state index in [1.807, 2.05) is 52.9 Å². The Morgan fingerprint density at radius 1 is 0.842 bits per heavy atom. The number of aromatic nitrogens is 3. The first-order chi connectivity index (χ1) is 9.20. The van der Waals surface area contributed by atoms with Gasteiger partial charge in [0.25, 0.3) is 0 Å². The molecule has 2 rings (SSSR count). The molecule has 0 atom stereocenters. The molecule has 0 aliphatic rings. The van der Waals surface area contributed by atoms with Crippen LogP contribution in [-0.4, -0.2) is 15.2 Å². The Kier molecular flexibility index (Phi) is 8.34. The van der Waals surface area contributed by atoms with Crippen molar-refractivity contribution in [2.75, 3.05) is 0 Å². The lowest BCUT2D eigenvalue weighted by atomic mass is 10.0. The molecule has 0 saturated carbocycles. The van der Waals surface area contributed by atoms with E-state index in [4.69, 9.17) is 0 Å². The van der Waals surface area contributed by atoms with E-state index >= 15 is 0 Å². The Hall–Kier alpha value is -1.77. The van der Waals surface area contributed by atoms with Crippen molar-refractivity contribution >= 4 is 0 Å². The highest BCUT2D eigenvalue weighted by Gasteiger charge is 2.08. The monoisotopic (exact) mass is 259 g/mol. The molecule has 0 radical (unpaired) electrons.